The van der Waals surface area contributed by atoms with Crippen LogP contribution in [0.2, 0.25) is 0 Å². The summed E-state index contributed by atoms with van der Waals surface area (Å²) in [6.07, 6.45) is 9.11. The van der Waals surface area contributed by atoms with Crippen LogP contribution in [0.25, 0.3) is 0 Å². The molecular weight excluding hydrogens is 308 g/mol. The molecule has 19 heavy (non-hydrogen) atoms. The highest BCUT2D eigenvalue weighted by atomic mass is 79.9. The first-order valence-electron chi connectivity index (χ1n) is 6.26. The van der Waals surface area contributed by atoms with Crippen LogP contribution in [0.3, 0.4) is 0 Å². The fourth-order valence-electron chi connectivity index (χ4n) is 2.27. The summed E-state index contributed by atoms with van der Waals surface area (Å²) >= 11 is 3.32. The van der Waals surface area contributed by atoms with Gasteiger partial charge in [0, 0.05) is 12.6 Å². The first kappa shape index (κ1) is 14.1. The first-order valence-corrected chi connectivity index (χ1v) is 7.05. The highest BCUT2D eigenvalue weighted by Crippen LogP contribution is 2.20. The number of hydrogen-bond donors (Lipinski definition) is 1. The maximum atomic E-state index is 12.0. The molecule has 1 aromatic heterocycles. The van der Waals surface area contributed by atoms with Gasteiger partial charge in [0.15, 0.2) is 0 Å². The minimum absolute atomic E-state index is 0.184. The van der Waals surface area contributed by atoms with E-state index in [0.29, 0.717) is 10.5 Å². The molecule has 0 aromatic carbocycles. The molecule has 0 bridgehead atoms. The Kier molecular flexibility index (Phi) is 4.61. The van der Waals surface area contributed by atoms with Crippen molar-refractivity contribution in [2.24, 2.45) is 0 Å². The lowest BCUT2D eigenvalue weighted by Crippen LogP contribution is -2.40. The lowest BCUT2D eigenvalue weighted by atomic mass is 10.1. The van der Waals surface area contributed by atoms with Crippen molar-refractivity contribution >= 4 is 21.6 Å². The van der Waals surface area contributed by atoms with Gasteiger partial charge in [-0.1, -0.05) is 5.92 Å². The molecule has 1 atom stereocenters. The second kappa shape index (κ2) is 6.22. The van der Waals surface area contributed by atoms with E-state index in [0.717, 1.165) is 31.6 Å². The number of rotatable bonds is 3. The van der Waals surface area contributed by atoms with Gasteiger partial charge < -0.3 is 10.2 Å². The van der Waals surface area contributed by atoms with Crippen molar-refractivity contribution in [1.82, 2.24) is 14.7 Å². The van der Waals surface area contributed by atoms with E-state index in [9.17, 15) is 4.79 Å². The molecule has 1 aliphatic heterocycles. The quantitative estimate of drug-likeness (QED) is 0.847. The van der Waals surface area contributed by atoms with Gasteiger partial charge in [-0.25, -0.2) is 4.68 Å². The number of nitrogens with zero attached hydrogens (tertiary/aromatic N) is 3. The van der Waals surface area contributed by atoms with Crippen molar-refractivity contribution in [3.8, 4) is 12.3 Å². The number of aromatic nitrogens is 2. The predicted molar refractivity (Wildman–Crippen MR) is 79.2 cm³/mol. The van der Waals surface area contributed by atoms with Crippen LogP contribution in [-0.2, 0) is 6.54 Å². The summed E-state index contributed by atoms with van der Waals surface area (Å²) < 4.78 is 1.76. The SMILES string of the molecule is C#CCn1ncc(NC2CCCN(C)C2)c(Br)c1=O. The van der Waals surface area contributed by atoms with Gasteiger partial charge in [0.1, 0.15) is 11.0 Å². The number of terminal acetylenes is 1. The van der Waals surface area contributed by atoms with Crippen LogP contribution >= 0.6 is 15.9 Å². The molecule has 0 aliphatic carbocycles. The second-order valence-electron chi connectivity index (χ2n) is 4.78. The maximum absolute atomic E-state index is 12.0. The molecule has 1 N–H and O–H groups in total. The maximum Gasteiger partial charge on any atom is 0.284 e. The van der Waals surface area contributed by atoms with E-state index in [2.05, 4.69) is 44.2 Å². The third kappa shape index (κ3) is 3.37. The van der Waals surface area contributed by atoms with Gasteiger partial charge in [-0.3, -0.25) is 4.79 Å². The molecule has 6 heteroatoms. The lowest BCUT2D eigenvalue weighted by molar-refractivity contribution is 0.261. The molecule has 2 heterocycles. The van der Waals surface area contributed by atoms with Crippen molar-refractivity contribution in [2.45, 2.75) is 25.4 Å². The minimum Gasteiger partial charge on any atom is -0.379 e. The van der Waals surface area contributed by atoms with Crippen LogP contribution in [0.4, 0.5) is 5.69 Å². The van der Waals surface area contributed by atoms with Crippen LogP contribution in [0.15, 0.2) is 15.5 Å². The fourth-order valence-corrected chi connectivity index (χ4v) is 2.69. The largest absolute Gasteiger partial charge is 0.379 e. The number of likely N-dealkylation sites (N-methyl/N-ethyl adjacent to an activating group) is 1. The summed E-state index contributed by atoms with van der Waals surface area (Å²) in [5, 5.41) is 7.44. The van der Waals surface area contributed by atoms with Gasteiger partial charge >= 0.3 is 0 Å². The van der Waals surface area contributed by atoms with Crippen LogP contribution in [0, 0.1) is 12.3 Å². The molecule has 0 radical (unpaired) electrons. The molecule has 5 nitrogen and oxygen atoms in total. The Morgan fingerprint density at radius 3 is 3.16 bits per heavy atom. The standard InChI is InChI=1S/C13H17BrN4O/c1-3-6-18-13(19)12(14)11(8-15-18)16-10-5-4-7-17(2)9-10/h1,8,10,16H,4-7,9H2,2H3. The van der Waals surface area contributed by atoms with Gasteiger partial charge in [0.25, 0.3) is 5.56 Å². The fraction of sp³-hybridized carbons (Fsp3) is 0.538. The van der Waals surface area contributed by atoms with Gasteiger partial charge in [0.2, 0.25) is 0 Å². The third-order valence-corrected chi connectivity index (χ3v) is 3.98. The summed E-state index contributed by atoms with van der Waals surface area (Å²) in [7, 11) is 2.10. The highest BCUT2D eigenvalue weighted by molar-refractivity contribution is 9.10. The summed E-state index contributed by atoms with van der Waals surface area (Å²) in [5.74, 6) is 2.41. The van der Waals surface area contributed by atoms with E-state index in [4.69, 9.17) is 6.42 Å². The van der Waals surface area contributed by atoms with Crippen molar-refractivity contribution in [3.05, 3.63) is 21.0 Å². The number of nitrogens with one attached hydrogen (secondary N) is 1. The zero-order chi connectivity index (χ0) is 13.8. The van der Waals surface area contributed by atoms with E-state index in [1.165, 1.54) is 4.68 Å². The molecule has 102 valence electrons. The number of hydrogen-bond acceptors (Lipinski definition) is 4. The van der Waals surface area contributed by atoms with Crippen molar-refractivity contribution in [1.29, 1.82) is 0 Å². The second-order valence-corrected chi connectivity index (χ2v) is 5.58. The molecule has 0 amide bonds. The molecule has 1 saturated heterocycles. The number of piperidine rings is 1. The van der Waals surface area contributed by atoms with Gasteiger partial charge in [-0.05, 0) is 42.4 Å². The topological polar surface area (TPSA) is 50.2 Å². The molecule has 1 aliphatic rings. The van der Waals surface area contributed by atoms with Gasteiger partial charge in [0.05, 0.1) is 11.9 Å². The summed E-state index contributed by atoms with van der Waals surface area (Å²) in [6.45, 7) is 2.28. The predicted octanol–water partition coefficient (Wildman–Crippen LogP) is 1.15. The summed E-state index contributed by atoms with van der Waals surface area (Å²) in [4.78, 5) is 14.3. The van der Waals surface area contributed by atoms with Crippen molar-refractivity contribution < 1.29 is 0 Å². The Morgan fingerprint density at radius 1 is 1.68 bits per heavy atom. The van der Waals surface area contributed by atoms with Crippen molar-refractivity contribution in [2.75, 3.05) is 25.5 Å². The van der Waals surface area contributed by atoms with Crippen LogP contribution in [-0.4, -0.2) is 40.9 Å². The third-order valence-electron chi connectivity index (χ3n) is 3.21. The monoisotopic (exact) mass is 324 g/mol. The highest BCUT2D eigenvalue weighted by Gasteiger charge is 2.18. The normalized spacial score (nSPS) is 19.9. The molecule has 2 rings (SSSR count). The van der Waals surface area contributed by atoms with E-state index >= 15 is 0 Å². The Balaban J connectivity index is 2.15. The minimum atomic E-state index is -0.202. The van der Waals surface area contributed by atoms with Crippen molar-refractivity contribution in [3.63, 3.8) is 0 Å². The zero-order valence-corrected chi connectivity index (χ0v) is 12.5. The summed E-state index contributed by atoms with van der Waals surface area (Å²) in [6, 6.07) is 0.347. The van der Waals surface area contributed by atoms with E-state index < -0.39 is 0 Å². The van der Waals surface area contributed by atoms with E-state index in [1.807, 2.05) is 0 Å². The molecule has 0 spiro atoms. The zero-order valence-electron chi connectivity index (χ0n) is 10.9. The molecule has 1 fully saturated rings. The average Bonchev–Trinajstić information content (AvgIpc) is 2.39. The first-order chi connectivity index (χ1) is 9.11. The number of halogens is 1. The van der Waals surface area contributed by atoms with E-state index in [1.54, 1.807) is 6.20 Å². The van der Waals surface area contributed by atoms with Crippen LogP contribution in [0.5, 0.6) is 0 Å². The number of likely N-dealkylation sites (tertiary alicyclic amines) is 1. The van der Waals surface area contributed by atoms with Gasteiger partial charge in [-0.2, -0.15) is 5.10 Å². The Hall–Kier alpha value is -1.32. The van der Waals surface area contributed by atoms with E-state index in [-0.39, 0.29) is 12.1 Å². The Bertz CT molecular complexity index is 549. The smallest absolute Gasteiger partial charge is 0.284 e. The molecular formula is C13H17BrN4O. The Labute approximate surface area is 121 Å². The van der Waals surface area contributed by atoms with Gasteiger partial charge in [-0.15, -0.1) is 6.42 Å². The average molecular weight is 325 g/mol. The Morgan fingerprint density at radius 2 is 2.47 bits per heavy atom. The van der Waals surface area contributed by atoms with Crippen LogP contribution < -0.4 is 10.9 Å². The molecule has 0 saturated carbocycles. The number of anilines is 1. The molecule has 1 unspecified atom stereocenters. The lowest BCUT2D eigenvalue weighted by Gasteiger charge is -2.31. The van der Waals surface area contributed by atoms with Crippen LogP contribution in [0.1, 0.15) is 12.8 Å². The molecule has 1 aromatic rings. The summed E-state index contributed by atoms with van der Waals surface area (Å²) in [5.41, 5.74) is 0.533.